The first-order valence-corrected chi connectivity index (χ1v) is 4.71. The Labute approximate surface area is 82.9 Å². The van der Waals surface area contributed by atoms with Crippen LogP contribution in [0.4, 0.5) is 0 Å². The summed E-state index contributed by atoms with van der Waals surface area (Å²) in [5, 5.41) is 0. The van der Waals surface area contributed by atoms with Crippen LogP contribution in [0.2, 0.25) is 0 Å². The van der Waals surface area contributed by atoms with Gasteiger partial charge in [-0.1, -0.05) is 30.3 Å². The Morgan fingerprint density at radius 1 is 1.36 bits per heavy atom. The number of hydrogen-bond donors (Lipinski definition) is 1. The predicted octanol–water partition coefficient (Wildman–Crippen LogP) is 1.22. The van der Waals surface area contributed by atoms with E-state index in [1.807, 2.05) is 30.3 Å². The summed E-state index contributed by atoms with van der Waals surface area (Å²) < 4.78 is 5.09. The van der Waals surface area contributed by atoms with Crippen LogP contribution in [0.5, 0.6) is 0 Å². The van der Waals surface area contributed by atoms with E-state index in [0.29, 0.717) is 6.61 Å². The fourth-order valence-electron chi connectivity index (χ4n) is 1.21. The Morgan fingerprint density at radius 3 is 2.57 bits per heavy atom. The molecule has 0 saturated heterocycles. The van der Waals surface area contributed by atoms with E-state index in [0.717, 1.165) is 18.4 Å². The fourth-order valence-corrected chi connectivity index (χ4v) is 1.21. The maximum Gasteiger partial charge on any atom is 0.326 e. The van der Waals surface area contributed by atoms with Gasteiger partial charge in [0.05, 0.1) is 0 Å². The smallest absolute Gasteiger partial charge is 0.326 e. The van der Waals surface area contributed by atoms with Crippen molar-refractivity contribution in [2.24, 2.45) is 5.73 Å². The summed E-state index contributed by atoms with van der Waals surface area (Å²) in [4.78, 5) is 11.4. The Kier molecular flexibility index (Phi) is 2.25. The normalized spacial score (nSPS) is 17.5. The third kappa shape index (κ3) is 1.93. The molecule has 2 rings (SSSR count). The van der Waals surface area contributed by atoms with Gasteiger partial charge in [0, 0.05) is 0 Å². The topological polar surface area (TPSA) is 52.3 Å². The molecule has 0 aromatic heterocycles. The fraction of sp³-hybridized carbons (Fsp3) is 0.364. The van der Waals surface area contributed by atoms with Crippen molar-refractivity contribution in [2.45, 2.75) is 25.0 Å². The third-order valence-corrected chi connectivity index (χ3v) is 2.41. The highest BCUT2D eigenvalue weighted by atomic mass is 16.5. The summed E-state index contributed by atoms with van der Waals surface area (Å²) in [6, 6.07) is 9.60. The van der Waals surface area contributed by atoms with Gasteiger partial charge in [-0.25, -0.2) is 0 Å². The van der Waals surface area contributed by atoms with Crippen molar-refractivity contribution in [3.63, 3.8) is 0 Å². The standard InChI is InChI=1S/C11H13NO2/c12-11(6-7-11)10(13)14-8-9-4-2-1-3-5-9/h1-5H,6-8,12H2. The molecule has 74 valence electrons. The molecule has 0 heterocycles. The second-order valence-electron chi connectivity index (χ2n) is 3.72. The largest absolute Gasteiger partial charge is 0.459 e. The molecule has 2 N–H and O–H groups in total. The molecule has 0 unspecified atom stereocenters. The van der Waals surface area contributed by atoms with Crippen LogP contribution in [0.15, 0.2) is 30.3 Å². The maximum atomic E-state index is 11.4. The number of nitrogens with two attached hydrogens (primary N) is 1. The van der Waals surface area contributed by atoms with Crippen molar-refractivity contribution in [3.05, 3.63) is 35.9 Å². The lowest BCUT2D eigenvalue weighted by Crippen LogP contribution is -2.34. The summed E-state index contributed by atoms with van der Waals surface area (Å²) in [6.45, 7) is 0.318. The molecule has 0 aliphatic heterocycles. The van der Waals surface area contributed by atoms with Crippen LogP contribution in [0.3, 0.4) is 0 Å². The summed E-state index contributed by atoms with van der Waals surface area (Å²) in [6.07, 6.45) is 1.50. The zero-order chi connectivity index (χ0) is 10.0. The lowest BCUT2D eigenvalue weighted by Gasteiger charge is -2.08. The first-order chi connectivity index (χ1) is 6.71. The lowest BCUT2D eigenvalue weighted by atomic mass is 10.2. The molecule has 0 bridgehead atoms. The zero-order valence-electron chi connectivity index (χ0n) is 7.90. The Bertz CT molecular complexity index is 330. The van der Waals surface area contributed by atoms with E-state index in [1.54, 1.807) is 0 Å². The second kappa shape index (κ2) is 3.42. The highest BCUT2D eigenvalue weighted by Crippen LogP contribution is 2.33. The summed E-state index contributed by atoms with van der Waals surface area (Å²) in [5.74, 6) is -0.277. The van der Waals surface area contributed by atoms with Crippen LogP contribution in [0, 0.1) is 0 Å². The Morgan fingerprint density at radius 2 is 2.00 bits per heavy atom. The number of carbonyl (C=O) groups excluding carboxylic acids is 1. The molecule has 1 fully saturated rings. The number of carbonyl (C=O) groups is 1. The molecule has 0 radical (unpaired) electrons. The van der Waals surface area contributed by atoms with E-state index in [-0.39, 0.29) is 5.97 Å². The molecule has 0 amide bonds. The van der Waals surface area contributed by atoms with E-state index >= 15 is 0 Å². The maximum absolute atomic E-state index is 11.4. The van der Waals surface area contributed by atoms with Crippen LogP contribution in [-0.4, -0.2) is 11.5 Å². The minimum absolute atomic E-state index is 0.277. The van der Waals surface area contributed by atoms with E-state index in [1.165, 1.54) is 0 Å². The van der Waals surface area contributed by atoms with Crippen LogP contribution in [-0.2, 0) is 16.1 Å². The highest BCUT2D eigenvalue weighted by molar-refractivity contribution is 5.83. The summed E-state index contributed by atoms with van der Waals surface area (Å²) in [7, 11) is 0. The van der Waals surface area contributed by atoms with Gasteiger partial charge in [-0.15, -0.1) is 0 Å². The molecule has 3 heteroatoms. The van der Waals surface area contributed by atoms with Crippen LogP contribution < -0.4 is 5.73 Å². The zero-order valence-corrected chi connectivity index (χ0v) is 7.90. The number of benzene rings is 1. The third-order valence-electron chi connectivity index (χ3n) is 2.41. The van der Waals surface area contributed by atoms with E-state index in [4.69, 9.17) is 10.5 Å². The summed E-state index contributed by atoms with van der Waals surface area (Å²) in [5.41, 5.74) is 6.00. The molecule has 0 atom stereocenters. The first-order valence-electron chi connectivity index (χ1n) is 4.71. The average molecular weight is 191 g/mol. The second-order valence-corrected chi connectivity index (χ2v) is 3.72. The van der Waals surface area contributed by atoms with Crippen LogP contribution in [0.1, 0.15) is 18.4 Å². The van der Waals surface area contributed by atoms with Gasteiger partial charge in [0.1, 0.15) is 12.1 Å². The molecule has 1 aliphatic carbocycles. The van der Waals surface area contributed by atoms with E-state index in [2.05, 4.69) is 0 Å². The van der Waals surface area contributed by atoms with Gasteiger partial charge in [0.25, 0.3) is 0 Å². The van der Waals surface area contributed by atoms with E-state index in [9.17, 15) is 4.79 Å². The van der Waals surface area contributed by atoms with Crippen molar-refractivity contribution < 1.29 is 9.53 Å². The van der Waals surface area contributed by atoms with Gasteiger partial charge in [0.15, 0.2) is 0 Å². The average Bonchev–Trinajstić information content (AvgIpc) is 2.96. The molecule has 0 spiro atoms. The highest BCUT2D eigenvalue weighted by Gasteiger charge is 2.47. The van der Waals surface area contributed by atoms with Crippen molar-refractivity contribution >= 4 is 5.97 Å². The van der Waals surface area contributed by atoms with Crippen molar-refractivity contribution in [1.29, 1.82) is 0 Å². The van der Waals surface area contributed by atoms with Gasteiger partial charge >= 0.3 is 5.97 Å². The van der Waals surface area contributed by atoms with E-state index < -0.39 is 5.54 Å². The molecule has 1 aromatic rings. The Balaban J connectivity index is 1.86. The van der Waals surface area contributed by atoms with Gasteiger partial charge in [-0.05, 0) is 18.4 Å². The van der Waals surface area contributed by atoms with Gasteiger partial charge in [-0.3, -0.25) is 4.79 Å². The number of ether oxygens (including phenoxy) is 1. The monoisotopic (exact) mass is 191 g/mol. The summed E-state index contributed by atoms with van der Waals surface area (Å²) >= 11 is 0. The molecular formula is C11H13NO2. The SMILES string of the molecule is NC1(C(=O)OCc2ccccc2)CC1. The first kappa shape index (κ1) is 9.21. The van der Waals surface area contributed by atoms with Gasteiger partial charge < -0.3 is 10.5 Å². The minimum atomic E-state index is -0.672. The molecular weight excluding hydrogens is 178 g/mol. The molecule has 1 aliphatic rings. The van der Waals surface area contributed by atoms with Crippen molar-refractivity contribution in [1.82, 2.24) is 0 Å². The van der Waals surface area contributed by atoms with Crippen molar-refractivity contribution in [2.75, 3.05) is 0 Å². The number of rotatable bonds is 3. The van der Waals surface area contributed by atoms with Crippen molar-refractivity contribution in [3.8, 4) is 0 Å². The van der Waals surface area contributed by atoms with Gasteiger partial charge in [0.2, 0.25) is 0 Å². The number of esters is 1. The molecule has 14 heavy (non-hydrogen) atoms. The number of hydrogen-bond acceptors (Lipinski definition) is 3. The molecule has 1 aromatic carbocycles. The molecule has 3 nitrogen and oxygen atoms in total. The molecule has 1 saturated carbocycles. The van der Waals surface area contributed by atoms with Crippen LogP contribution in [0.25, 0.3) is 0 Å². The van der Waals surface area contributed by atoms with Gasteiger partial charge in [-0.2, -0.15) is 0 Å². The minimum Gasteiger partial charge on any atom is -0.459 e. The lowest BCUT2D eigenvalue weighted by molar-refractivity contribution is -0.147. The quantitative estimate of drug-likeness (QED) is 0.731. The Hall–Kier alpha value is -1.35. The predicted molar refractivity (Wildman–Crippen MR) is 52.4 cm³/mol. The van der Waals surface area contributed by atoms with Crippen LogP contribution >= 0.6 is 0 Å².